The maximum Gasteiger partial charge on any atom is 0.234 e. The van der Waals surface area contributed by atoms with Gasteiger partial charge in [0.2, 0.25) is 5.91 Å². The Morgan fingerprint density at radius 1 is 1.24 bits per heavy atom. The van der Waals surface area contributed by atoms with E-state index in [1.165, 1.54) is 24.0 Å². The quantitative estimate of drug-likeness (QED) is 0.772. The number of aryl methyl sites for hydroxylation is 1. The Balaban J connectivity index is 1.88. The number of carbonyl (C=O) groups is 1. The van der Waals surface area contributed by atoms with E-state index in [0.717, 1.165) is 18.9 Å². The summed E-state index contributed by atoms with van der Waals surface area (Å²) in [7, 11) is 0. The molecule has 3 nitrogen and oxygen atoms in total. The smallest absolute Gasteiger partial charge is 0.234 e. The van der Waals surface area contributed by atoms with E-state index in [1.807, 2.05) is 0 Å². The van der Waals surface area contributed by atoms with Crippen molar-refractivity contribution in [3.05, 3.63) is 35.4 Å². The second-order valence-electron chi connectivity index (χ2n) is 6.46. The second-order valence-corrected chi connectivity index (χ2v) is 6.46. The van der Waals surface area contributed by atoms with Crippen molar-refractivity contribution in [1.82, 2.24) is 10.6 Å². The first kappa shape index (κ1) is 16.0. The molecule has 0 aromatic heterocycles. The number of amides is 1. The molecule has 1 amide bonds. The predicted molar refractivity (Wildman–Crippen MR) is 87.1 cm³/mol. The predicted octanol–water partition coefficient (Wildman–Crippen LogP) is 3.06. The van der Waals surface area contributed by atoms with E-state index in [4.69, 9.17) is 0 Å². The fourth-order valence-electron chi connectivity index (χ4n) is 2.53. The van der Waals surface area contributed by atoms with Crippen molar-refractivity contribution in [2.24, 2.45) is 11.8 Å². The van der Waals surface area contributed by atoms with E-state index >= 15 is 0 Å². The Kier molecular flexibility index (Phi) is 5.80. The molecule has 0 saturated heterocycles. The zero-order valence-electron chi connectivity index (χ0n) is 13.5. The lowest BCUT2D eigenvalue weighted by Gasteiger charge is -2.23. The van der Waals surface area contributed by atoms with E-state index in [1.54, 1.807) is 0 Å². The fraction of sp³-hybridized carbons (Fsp3) is 0.611. The van der Waals surface area contributed by atoms with Gasteiger partial charge in [0.15, 0.2) is 0 Å². The van der Waals surface area contributed by atoms with Gasteiger partial charge in [0.1, 0.15) is 0 Å². The number of carbonyl (C=O) groups excluding carboxylic acids is 1. The van der Waals surface area contributed by atoms with Crippen LogP contribution >= 0.6 is 0 Å². The highest BCUT2D eigenvalue weighted by molar-refractivity contribution is 5.78. The Morgan fingerprint density at radius 2 is 1.90 bits per heavy atom. The molecule has 1 aliphatic rings. The number of hydrogen-bond donors (Lipinski definition) is 2. The van der Waals surface area contributed by atoms with E-state index < -0.39 is 0 Å². The Hall–Kier alpha value is -1.35. The highest BCUT2D eigenvalue weighted by atomic mass is 16.1. The summed E-state index contributed by atoms with van der Waals surface area (Å²) in [6, 6.07) is 8.68. The molecule has 0 spiro atoms. The Labute approximate surface area is 128 Å². The first-order valence-corrected chi connectivity index (χ1v) is 8.19. The molecule has 1 fully saturated rings. The van der Waals surface area contributed by atoms with Crippen molar-refractivity contribution >= 4 is 5.91 Å². The highest BCUT2D eigenvalue weighted by Crippen LogP contribution is 2.27. The third kappa shape index (κ3) is 5.16. The van der Waals surface area contributed by atoms with Crippen molar-refractivity contribution in [3.8, 4) is 0 Å². The first-order chi connectivity index (χ1) is 10.1. The largest absolute Gasteiger partial charge is 0.348 e. The zero-order chi connectivity index (χ0) is 15.2. The van der Waals surface area contributed by atoms with Crippen LogP contribution in [0.1, 0.15) is 50.8 Å². The molecule has 0 radical (unpaired) electrons. The maximum atomic E-state index is 12.1. The minimum absolute atomic E-state index is 0.0890. The van der Waals surface area contributed by atoms with E-state index in [0.29, 0.717) is 12.5 Å². The normalized spacial score (nSPS) is 16.0. The number of nitrogens with one attached hydrogen (secondary N) is 2. The summed E-state index contributed by atoms with van der Waals surface area (Å²) in [6.45, 7) is 7.85. The lowest BCUT2D eigenvalue weighted by molar-refractivity contribution is -0.121. The van der Waals surface area contributed by atoms with Crippen LogP contribution in [0.5, 0.6) is 0 Å². The summed E-state index contributed by atoms with van der Waals surface area (Å²) < 4.78 is 0. The van der Waals surface area contributed by atoms with Gasteiger partial charge in [-0.3, -0.25) is 4.79 Å². The first-order valence-electron chi connectivity index (χ1n) is 8.19. The van der Waals surface area contributed by atoms with Gasteiger partial charge in [0, 0.05) is 0 Å². The standard InChI is InChI=1S/C18H28N2O/c1-4-14-7-9-16(10-8-14)18(13(2)3)20-17(21)12-19-11-15-5-6-15/h7-10,13,15,18-19H,4-6,11-12H2,1-3H3,(H,20,21). The molecule has 2 rings (SSSR count). The molecule has 2 N–H and O–H groups in total. The van der Waals surface area contributed by atoms with Crippen molar-refractivity contribution in [3.63, 3.8) is 0 Å². The highest BCUT2D eigenvalue weighted by Gasteiger charge is 2.21. The van der Waals surface area contributed by atoms with Gasteiger partial charge in [0.25, 0.3) is 0 Å². The number of benzene rings is 1. The van der Waals surface area contributed by atoms with Gasteiger partial charge >= 0.3 is 0 Å². The summed E-state index contributed by atoms with van der Waals surface area (Å²) in [5, 5.41) is 6.41. The van der Waals surface area contributed by atoms with Crippen LogP contribution in [0, 0.1) is 11.8 Å². The van der Waals surface area contributed by atoms with Gasteiger partial charge in [-0.25, -0.2) is 0 Å². The molecule has 116 valence electrons. The van der Waals surface area contributed by atoms with Gasteiger partial charge in [-0.1, -0.05) is 45.0 Å². The average Bonchev–Trinajstić information content (AvgIpc) is 3.29. The van der Waals surface area contributed by atoms with Gasteiger partial charge in [-0.05, 0) is 48.8 Å². The van der Waals surface area contributed by atoms with E-state index in [9.17, 15) is 4.79 Å². The van der Waals surface area contributed by atoms with Crippen molar-refractivity contribution in [1.29, 1.82) is 0 Å². The molecule has 1 aliphatic carbocycles. The Morgan fingerprint density at radius 3 is 2.43 bits per heavy atom. The molecule has 21 heavy (non-hydrogen) atoms. The molecule has 0 aliphatic heterocycles. The van der Waals surface area contributed by atoms with Gasteiger partial charge < -0.3 is 10.6 Å². The summed E-state index contributed by atoms with van der Waals surface area (Å²) >= 11 is 0. The van der Waals surface area contributed by atoms with Gasteiger partial charge in [0.05, 0.1) is 12.6 Å². The van der Waals surface area contributed by atoms with Crippen LogP contribution in [0.4, 0.5) is 0 Å². The summed E-state index contributed by atoms with van der Waals surface area (Å²) in [4.78, 5) is 12.1. The summed E-state index contributed by atoms with van der Waals surface area (Å²) in [5.74, 6) is 1.28. The average molecular weight is 288 g/mol. The van der Waals surface area contributed by atoms with Crippen molar-refractivity contribution < 1.29 is 4.79 Å². The van der Waals surface area contributed by atoms with Crippen molar-refractivity contribution in [2.45, 2.75) is 46.1 Å². The molecule has 1 aromatic carbocycles. The molecule has 1 saturated carbocycles. The molecule has 1 unspecified atom stereocenters. The van der Waals surface area contributed by atoms with Crippen LogP contribution in [0.3, 0.4) is 0 Å². The van der Waals surface area contributed by atoms with Crippen molar-refractivity contribution in [2.75, 3.05) is 13.1 Å². The minimum atomic E-state index is 0.0890. The van der Waals surface area contributed by atoms with E-state index in [-0.39, 0.29) is 11.9 Å². The SMILES string of the molecule is CCc1ccc(C(NC(=O)CNCC2CC2)C(C)C)cc1. The summed E-state index contributed by atoms with van der Waals surface area (Å²) in [5.41, 5.74) is 2.52. The van der Waals surface area contributed by atoms with Crippen LogP contribution in [0.2, 0.25) is 0 Å². The van der Waals surface area contributed by atoms with Crippen LogP contribution in [-0.4, -0.2) is 19.0 Å². The third-order valence-corrected chi connectivity index (χ3v) is 4.15. The number of hydrogen-bond acceptors (Lipinski definition) is 2. The third-order valence-electron chi connectivity index (χ3n) is 4.15. The zero-order valence-corrected chi connectivity index (χ0v) is 13.5. The molecule has 0 heterocycles. The topological polar surface area (TPSA) is 41.1 Å². The monoisotopic (exact) mass is 288 g/mol. The maximum absolute atomic E-state index is 12.1. The van der Waals surface area contributed by atoms with Crippen LogP contribution in [-0.2, 0) is 11.2 Å². The minimum Gasteiger partial charge on any atom is -0.348 e. The molecular formula is C18H28N2O. The number of rotatable bonds is 8. The van der Waals surface area contributed by atoms with E-state index in [2.05, 4.69) is 55.7 Å². The molecule has 0 bridgehead atoms. The van der Waals surface area contributed by atoms with Gasteiger partial charge in [-0.2, -0.15) is 0 Å². The summed E-state index contributed by atoms with van der Waals surface area (Å²) in [6.07, 6.45) is 3.67. The lowest BCUT2D eigenvalue weighted by atomic mass is 9.95. The molecule has 1 aromatic rings. The van der Waals surface area contributed by atoms with Crippen LogP contribution in [0.25, 0.3) is 0 Å². The molecule has 1 atom stereocenters. The molecular weight excluding hydrogens is 260 g/mol. The van der Waals surface area contributed by atoms with Gasteiger partial charge in [-0.15, -0.1) is 0 Å². The fourth-order valence-corrected chi connectivity index (χ4v) is 2.53. The van der Waals surface area contributed by atoms with Crippen LogP contribution < -0.4 is 10.6 Å². The Bertz CT molecular complexity index is 449. The second kappa shape index (κ2) is 7.60. The molecule has 3 heteroatoms. The lowest BCUT2D eigenvalue weighted by Crippen LogP contribution is -2.38. The van der Waals surface area contributed by atoms with Crippen LogP contribution in [0.15, 0.2) is 24.3 Å².